The van der Waals surface area contributed by atoms with Crippen molar-refractivity contribution < 1.29 is 23.1 Å². The first kappa shape index (κ1) is 26.2. The minimum atomic E-state index is -3.46. The molecule has 33 heavy (non-hydrogen) atoms. The van der Waals surface area contributed by atoms with E-state index in [0.29, 0.717) is 37.0 Å². The fourth-order valence-electron chi connectivity index (χ4n) is 4.41. The Morgan fingerprint density at radius 3 is 2.36 bits per heavy atom. The van der Waals surface area contributed by atoms with E-state index in [0.717, 1.165) is 29.9 Å². The zero-order valence-electron chi connectivity index (χ0n) is 19.3. The minimum Gasteiger partial charge on any atom is -0.481 e. The van der Waals surface area contributed by atoms with Crippen LogP contribution in [0.4, 0.5) is 9.93 Å². The van der Waals surface area contributed by atoms with Gasteiger partial charge in [-0.05, 0) is 44.4 Å². The third-order valence-corrected chi connectivity index (χ3v) is 10.3. The van der Waals surface area contributed by atoms with Gasteiger partial charge in [-0.3, -0.25) is 10.1 Å². The van der Waals surface area contributed by atoms with Crippen LogP contribution >= 0.6 is 23.1 Å². The Balaban J connectivity index is 1.70. The fourth-order valence-corrected chi connectivity index (χ4v) is 7.12. The number of aliphatic carboxylic acids is 1. The van der Waals surface area contributed by atoms with Gasteiger partial charge in [0.15, 0.2) is 5.13 Å². The van der Waals surface area contributed by atoms with Gasteiger partial charge in [-0.2, -0.15) is 17.0 Å². The van der Waals surface area contributed by atoms with Gasteiger partial charge in [0.25, 0.3) is 10.2 Å². The largest absolute Gasteiger partial charge is 0.481 e. The highest BCUT2D eigenvalue weighted by Gasteiger charge is 2.37. The molecule has 1 saturated carbocycles. The molecule has 0 aromatic carbocycles. The van der Waals surface area contributed by atoms with Gasteiger partial charge in [0.1, 0.15) is 0 Å². The molecule has 1 saturated heterocycles. The molecule has 10 nitrogen and oxygen atoms in total. The van der Waals surface area contributed by atoms with Crippen molar-refractivity contribution in [2.45, 2.75) is 61.7 Å². The number of carboxylic acids is 1. The maximum absolute atomic E-state index is 13.4. The lowest BCUT2D eigenvalue weighted by Gasteiger charge is -2.44. The maximum Gasteiger partial charge on any atom is 0.324 e. The van der Waals surface area contributed by atoms with E-state index in [-0.39, 0.29) is 23.9 Å². The average Bonchev–Trinajstić information content (AvgIpc) is 3.21. The highest BCUT2D eigenvalue weighted by molar-refractivity contribution is 8.01. The summed E-state index contributed by atoms with van der Waals surface area (Å²) in [6.45, 7) is 2.99. The molecule has 2 amide bonds. The van der Waals surface area contributed by atoms with Crippen LogP contribution in [0.15, 0.2) is 10.4 Å². The smallest absolute Gasteiger partial charge is 0.324 e. The number of carbonyl (C=O) groups is 2. The number of anilines is 1. The number of piperidine rings is 1. The van der Waals surface area contributed by atoms with Gasteiger partial charge in [-0.25, -0.2) is 9.78 Å². The van der Waals surface area contributed by atoms with Crippen LogP contribution in [0.2, 0.25) is 0 Å². The number of aromatic nitrogens is 1. The Morgan fingerprint density at radius 2 is 1.79 bits per heavy atom. The molecule has 0 unspecified atom stereocenters. The van der Waals surface area contributed by atoms with Crippen LogP contribution in [0.1, 0.15) is 45.4 Å². The minimum absolute atomic E-state index is 0.0437. The molecule has 0 spiro atoms. The molecule has 1 aliphatic heterocycles. The number of thiazole rings is 1. The number of nitrogens with zero attached hydrogens (tertiary/aromatic N) is 4. The molecular weight excluding hydrogens is 486 g/mol. The van der Waals surface area contributed by atoms with Crippen LogP contribution in [-0.4, -0.2) is 89.0 Å². The van der Waals surface area contributed by atoms with Gasteiger partial charge in [-0.15, -0.1) is 11.8 Å². The third kappa shape index (κ3) is 6.81. The normalized spacial score (nSPS) is 22.9. The number of urea groups is 1. The Kier molecular flexibility index (Phi) is 9.01. The van der Waals surface area contributed by atoms with E-state index < -0.39 is 16.2 Å². The molecule has 2 fully saturated rings. The summed E-state index contributed by atoms with van der Waals surface area (Å²) < 4.78 is 28.4. The summed E-state index contributed by atoms with van der Waals surface area (Å²) in [7, 11) is -0.405. The van der Waals surface area contributed by atoms with Gasteiger partial charge < -0.3 is 10.0 Å². The molecular formula is C20H33N5O5S3. The number of hydrogen-bond donors (Lipinski definition) is 2. The lowest BCUT2D eigenvalue weighted by atomic mass is 9.85. The summed E-state index contributed by atoms with van der Waals surface area (Å²) in [4.78, 5) is 30.3. The lowest BCUT2D eigenvalue weighted by molar-refractivity contribution is -0.133. The fraction of sp³-hybridized carbons (Fsp3) is 0.750. The second kappa shape index (κ2) is 11.3. The van der Waals surface area contributed by atoms with Crippen LogP contribution in [0.25, 0.3) is 0 Å². The average molecular weight is 520 g/mol. The van der Waals surface area contributed by atoms with E-state index in [1.54, 1.807) is 6.20 Å². The van der Waals surface area contributed by atoms with Crippen molar-refractivity contribution in [3.8, 4) is 0 Å². The summed E-state index contributed by atoms with van der Waals surface area (Å²) in [5, 5.41) is 12.2. The molecule has 1 aromatic heterocycles. The highest BCUT2D eigenvalue weighted by Crippen LogP contribution is 2.33. The first-order chi connectivity index (χ1) is 15.6. The first-order valence-electron chi connectivity index (χ1n) is 11.1. The Hall–Kier alpha value is -1.41. The Morgan fingerprint density at radius 1 is 1.18 bits per heavy atom. The number of rotatable bonds is 8. The first-order valence-corrected chi connectivity index (χ1v) is 14.3. The molecule has 1 aromatic rings. The van der Waals surface area contributed by atoms with Crippen LogP contribution in [0.3, 0.4) is 0 Å². The predicted octanol–water partition coefficient (Wildman–Crippen LogP) is 3.00. The van der Waals surface area contributed by atoms with Crippen LogP contribution in [-0.2, 0) is 15.0 Å². The zero-order valence-corrected chi connectivity index (χ0v) is 21.7. The molecule has 2 heterocycles. The molecule has 0 atom stereocenters. The van der Waals surface area contributed by atoms with Gasteiger partial charge >= 0.3 is 12.0 Å². The van der Waals surface area contributed by atoms with Crippen molar-refractivity contribution in [3.05, 3.63) is 6.20 Å². The van der Waals surface area contributed by atoms with Crippen molar-refractivity contribution in [2.75, 3.05) is 38.3 Å². The SMILES string of the molecule is CC1CCC(N(C(=O)Nc2ncc(SCC(=O)O)s2)C2CCN(S(=O)(=O)N(C)C)CC2)CC1. The Labute approximate surface area is 203 Å². The van der Waals surface area contributed by atoms with Gasteiger partial charge in [0, 0.05) is 39.3 Å². The Bertz CT molecular complexity index is 922. The van der Waals surface area contributed by atoms with Gasteiger partial charge in [0.2, 0.25) is 0 Å². The van der Waals surface area contributed by atoms with Crippen molar-refractivity contribution in [2.24, 2.45) is 5.92 Å². The van der Waals surface area contributed by atoms with E-state index in [1.165, 1.54) is 45.8 Å². The molecule has 13 heteroatoms. The summed E-state index contributed by atoms with van der Waals surface area (Å²) in [5.41, 5.74) is 0. The summed E-state index contributed by atoms with van der Waals surface area (Å²) in [5.74, 6) is -0.318. The van der Waals surface area contributed by atoms with Crippen LogP contribution < -0.4 is 5.32 Å². The molecule has 3 rings (SSSR count). The number of carboxylic acid groups (broad SMARTS) is 1. The molecule has 186 valence electrons. The van der Waals surface area contributed by atoms with Crippen LogP contribution in [0, 0.1) is 5.92 Å². The van der Waals surface area contributed by atoms with Crippen molar-refractivity contribution >= 4 is 50.4 Å². The summed E-state index contributed by atoms with van der Waals surface area (Å²) in [6.07, 6.45) is 6.75. The second-order valence-corrected chi connectivity index (χ2v) is 13.3. The number of amides is 2. The summed E-state index contributed by atoms with van der Waals surface area (Å²) in [6, 6.07) is -0.144. The van der Waals surface area contributed by atoms with Crippen molar-refractivity contribution in [1.82, 2.24) is 18.5 Å². The lowest BCUT2D eigenvalue weighted by Crippen LogP contribution is -2.55. The van der Waals surface area contributed by atoms with Crippen molar-refractivity contribution in [1.29, 1.82) is 0 Å². The molecule has 2 N–H and O–H groups in total. The van der Waals surface area contributed by atoms with Gasteiger partial charge in [0.05, 0.1) is 16.2 Å². The van der Waals surface area contributed by atoms with E-state index in [2.05, 4.69) is 17.2 Å². The maximum atomic E-state index is 13.4. The van der Waals surface area contributed by atoms with E-state index in [1.807, 2.05) is 4.90 Å². The van der Waals surface area contributed by atoms with E-state index >= 15 is 0 Å². The topological polar surface area (TPSA) is 123 Å². The predicted molar refractivity (Wildman–Crippen MR) is 130 cm³/mol. The standard InChI is InChI=1S/C20H33N5O5S3/c1-14-4-6-15(7-5-14)25(16-8-10-24(11-9-16)33(29,30)23(2)3)20(28)22-19-21-12-18(32-19)31-13-17(26)27/h12,14-16H,4-11,13H2,1-3H3,(H,26,27)(H,21,22,28). The number of thioether (sulfide) groups is 1. The van der Waals surface area contributed by atoms with E-state index in [4.69, 9.17) is 5.11 Å². The quantitative estimate of drug-likeness (QED) is 0.506. The number of hydrogen-bond acceptors (Lipinski definition) is 7. The van der Waals surface area contributed by atoms with E-state index in [9.17, 15) is 18.0 Å². The monoisotopic (exact) mass is 519 g/mol. The summed E-state index contributed by atoms with van der Waals surface area (Å²) >= 11 is 2.43. The number of carbonyl (C=O) groups excluding carboxylic acids is 1. The third-order valence-electron chi connectivity index (χ3n) is 6.25. The molecule has 1 aliphatic carbocycles. The zero-order chi connectivity index (χ0) is 24.2. The second-order valence-electron chi connectivity index (χ2n) is 8.84. The molecule has 0 bridgehead atoms. The van der Waals surface area contributed by atoms with Crippen LogP contribution in [0.5, 0.6) is 0 Å². The van der Waals surface area contributed by atoms with Gasteiger partial charge in [-0.1, -0.05) is 18.3 Å². The van der Waals surface area contributed by atoms with Crippen molar-refractivity contribution in [3.63, 3.8) is 0 Å². The molecule has 2 aliphatic rings. The number of nitrogens with one attached hydrogen (secondary N) is 1. The highest BCUT2D eigenvalue weighted by atomic mass is 32.2. The molecule has 0 radical (unpaired) electrons.